The Hall–Kier alpha value is -2.37. The van der Waals surface area contributed by atoms with Crippen molar-refractivity contribution in [1.29, 1.82) is 0 Å². The zero-order valence-electron chi connectivity index (χ0n) is 15.0. The van der Waals surface area contributed by atoms with Crippen LogP contribution in [0.4, 0.5) is 11.4 Å². The van der Waals surface area contributed by atoms with Gasteiger partial charge in [0.1, 0.15) is 0 Å². The molecule has 0 saturated heterocycles. The van der Waals surface area contributed by atoms with Crippen LogP contribution in [0.5, 0.6) is 0 Å². The molecule has 1 aromatic rings. The van der Waals surface area contributed by atoms with E-state index >= 15 is 0 Å². The lowest BCUT2D eigenvalue weighted by molar-refractivity contribution is -0.147. The van der Waals surface area contributed by atoms with Gasteiger partial charge < -0.3 is 15.7 Å². The summed E-state index contributed by atoms with van der Waals surface area (Å²) in [6, 6.07) is 6.90. The van der Waals surface area contributed by atoms with Gasteiger partial charge in [0, 0.05) is 16.8 Å². The second-order valence-electron chi connectivity index (χ2n) is 7.61. The molecule has 3 N–H and O–H groups in total. The van der Waals surface area contributed by atoms with E-state index in [-0.39, 0.29) is 11.8 Å². The second kappa shape index (κ2) is 7.68. The minimum atomic E-state index is -0.911. The normalized spacial score (nSPS) is 20.6. The maximum Gasteiger partial charge on any atom is 0.307 e. The molecule has 0 aromatic heterocycles. The van der Waals surface area contributed by atoms with E-state index < -0.39 is 23.2 Å². The molecule has 2 atom stereocenters. The zero-order chi connectivity index (χ0) is 18.6. The van der Waals surface area contributed by atoms with Gasteiger partial charge in [0.2, 0.25) is 11.8 Å². The van der Waals surface area contributed by atoms with E-state index in [1.165, 1.54) is 0 Å². The summed E-state index contributed by atoms with van der Waals surface area (Å²) < 4.78 is 0. The molecular weight excluding hydrogens is 320 g/mol. The lowest BCUT2D eigenvalue weighted by atomic mass is 9.78. The van der Waals surface area contributed by atoms with Crippen molar-refractivity contribution in [3.8, 4) is 0 Å². The average molecular weight is 346 g/mol. The van der Waals surface area contributed by atoms with E-state index in [2.05, 4.69) is 10.6 Å². The topological polar surface area (TPSA) is 95.5 Å². The van der Waals surface area contributed by atoms with E-state index in [1.807, 2.05) is 20.8 Å². The molecule has 136 valence electrons. The Bertz CT molecular complexity index is 664. The van der Waals surface area contributed by atoms with Crippen LogP contribution in [0.15, 0.2) is 24.3 Å². The molecule has 1 aliphatic carbocycles. The number of amides is 2. The van der Waals surface area contributed by atoms with Gasteiger partial charge in [-0.3, -0.25) is 14.4 Å². The third-order valence-electron chi connectivity index (χ3n) is 4.49. The third kappa shape index (κ3) is 5.05. The van der Waals surface area contributed by atoms with Crippen molar-refractivity contribution in [1.82, 2.24) is 0 Å². The fourth-order valence-corrected chi connectivity index (χ4v) is 2.97. The molecule has 0 radical (unpaired) electrons. The van der Waals surface area contributed by atoms with E-state index in [4.69, 9.17) is 0 Å². The van der Waals surface area contributed by atoms with Crippen LogP contribution in [-0.2, 0) is 14.4 Å². The smallest absolute Gasteiger partial charge is 0.307 e. The molecule has 1 saturated carbocycles. The molecule has 2 rings (SSSR count). The predicted molar refractivity (Wildman–Crippen MR) is 96.2 cm³/mol. The van der Waals surface area contributed by atoms with E-state index in [1.54, 1.807) is 24.3 Å². The van der Waals surface area contributed by atoms with Crippen LogP contribution < -0.4 is 10.6 Å². The number of benzene rings is 1. The molecule has 0 aliphatic heterocycles. The molecule has 0 spiro atoms. The predicted octanol–water partition coefficient (Wildman–Crippen LogP) is 3.50. The van der Waals surface area contributed by atoms with Gasteiger partial charge in [-0.25, -0.2) is 0 Å². The number of carbonyl (C=O) groups is 3. The van der Waals surface area contributed by atoms with Crippen LogP contribution in [0.25, 0.3) is 0 Å². The minimum absolute atomic E-state index is 0.116. The fraction of sp³-hybridized carbons (Fsp3) is 0.526. The Morgan fingerprint density at radius 1 is 1.00 bits per heavy atom. The highest BCUT2D eigenvalue weighted by atomic mass is 16.4. The molecule has 1 aliphatic rings. The number of nitrogens with one attached hydrogen (secondary N) is 2. The molecule has 0 bridgehead atoms. The van der Waals surface area contributed by atoms with Gasteiger partial charge in [-0.15, -0.1) is 0 Å². The third-order valence-corrected chi connectivity index (χ3v) is 4.49. The minimum Gasteiger partial charge on any atom is -0.481 e. The second-order valence-corrected chi connectivity index (χ2v) is 7.61. The Morgan fingerprint density at radius 2 is 1.56 bits per heavy atom. The van der Waals surface area contributed by atoms with Gasteiger partial charge in [-0.2, -0.15) is 0 Å². The number of rotatable bonds is 4. The Balaban J connectivity index is 2.07. The number of hydrogen-bond acceptors (Lipinski definition) is 3. The van der Waals surface area contributed by atoms with Crippen molar-refractivity contribution in [3.05, 3.63) is 24.3 Å². The summed E-state index contributed by atoms with van der Waals surface area (Å²) in [4.78, 5) is 35.9. The lowest BCUT2D eigenvalue weighted by Gasteiger charge is -2.27. The first-order valence-electron chi connectivity index (χ1n) is 8.63. The Kier molecular flexibility index (Phi) is 5.82. The highest BCUT2D eigenvalue weighted by Crippen LogP contribution is 2.31. The molecule has 0 heterocycles. The zero-order valence-corrected chi connectivity index (χ0v) is 15.0. The first-order chi connectivity index (χ1) is 11.7. The first-order valence-corrected chi connectivity index (χ1v) is 8.63. The van der Waals surface area contributed by atoms with Crippen molar-refractivity contribution in [2.24, 2.45) is 17.3 Å². The molecule has 1 aromatic carbocycles. The van der Waals surface area contributed by atoms with Crippen LogP contribution in [0, 0.1) is 17.3 Å². The fourth-order valence-electron chi connectivity index (χ4n) is 2.97. The number of anilines is 2. The van der Waals surface area contributed by atoms with Crippen molar-refractivity contribution in [2.75, 3.05) is 10.6 Å². The summed E-state index contributed by atoms with van der Waals surface area (Å²) in [5.74, 6) is -2.44. The number of aliphatic carboxylic acids is 1. The van der Waals surface area contributed by atoms with Crippen molar-refractivity contribution in [2.45, 2.75) is 46.5 Å². The number of carbonyl (C=O) groups excluding carboxylic acids is 2. The summed E-state index contributed by atoms with van der Waals surface area (Å²) in [6.45, 7) is 5.47. The Labute approximate surface area is 148 Å². The monoisotopic (exact) mass is 346 g/mol. The van der Waals surface area contributed by atoms with Gasteiger partial charge in [-0.05, 0) is 31.0 Å². The van der Waals surface area contributed by atoms with Gasteiger partial charge in [0.15, 0.2) is 0 Å². The molecule has 1 fully saturated rings. The summed E-state index contributed by atoms with van der Waals surface area (Å²) in [5, 5.41) is 14.9. The Morgan fingerprint density at radius 3 is 2.12 bits per heavy atom. The highest BCUT2D eigenvalue weighted by Gasteiger charge is 2.35. The highest BCUT2D eigenvalue weighted by molar-refractivity contribution is 5.97. The summed E-state index contributed by atoms with van der Waals surface area (Å²) in [6.07, 6.45) is 2.83. The van der Waals surface area contributed by atoms with Crippen molar-refractivity contribution in [3.63, 3.8) is 0 Å². The first kappa shape index (κ1) is 19.0. The lowest BCUT2D eigenvalue weighted by Crippen LogP contribution is -2.36. The van der Waals surface area contributed by atoms with Crippen LogP contribution in [0.3, 0.4) is 0 Å². The van der Waals surface area contributed by atoms with Gasteiger partial charge in [0.25, 0.3) is 0 Å². The largest absolute Gasteiger partial charge is 0.481 e. The quantitative estimate of drug-likeness (QED) is 0.777. The molecule has 25 heavy (non-hydrogen) atoms. The SMILES string of the molecule is CC(C)(C)C(=O)Nc1cccc(NC(=O)C2CCCCC2C(=O)O)c1. The van der Waals surface area contributed by atoms with Gasteiger partial charge >= 0.3 is 5.97 Å². The summed E-state index contributed by atoms with van der Waals surface area (Å²) in [7, 11) is 0. The van der Waals surface area contributed by atoms with Crippen LogP contribution >= 0.6 is 0 Å². The van der Waals surface area contributed by atoms with Crippen LogP contribution in [0.1, 0.15) is 46.5 Å². The molecular formula is C19H26N2O4. The van der Waals surface area contributed by atoms with Crippen molar-refractivity contribution < 1.29 is 19.5 Å². The summed E-state index contributed by atoms with van der Waals surface area (Å²) >= 11 is 0. The summed E-state index contributed by atoms with van der Waals surface area (Å²) in [5.41, 5.74) is 0.623. The number of hydrogen-bond donors (Lipinski definition) is 3. The molecule has 2 unspecified atom stereocenters. The van der Waals surface area contributed by atoms with Crippen LogP contribution in [-0.4, -0.2) is 22.9 Å². The molecule has 6 heteroatoms. The van der Waals surface area contributed by atoms with Crippen LogP contribution in [0.2, 0.25) is 0 Å². The average Bonchev–Trinajstić information content (AvgIpc) is 2.54. The molecule has 6 nitrogen and oxygen atoms in total. The maximum absolute atomic E-state index is 12.5. The van der Waals surface area contributed by atoms with E-state index in [9.17, 15) is 19.5 Å². The number of carboxylic acid groups (broad SMARTS) is 1. The number of carboxylic acids is 1. The van der Waals surface area contributed by atoms with E-state index in [0.717, 1.165) is 12.8 Å². The van der Waals surface area contributed by atoms with Gasteiger partial charge in [0.05, 0.1) is 11.8 Å². The maximum atomic E-state index is 12.5. The molecule has 2 amide bonds. The standard InChI is InChI=1S/C19H26N2O4/c1-19(2,3)18(25)21-13-8-6-7-12(11-13)20-16(22)14-9-4-5-10-15(14)17(23)24/h6-8,11,14-15H,4-5,9-10H2,1-3H3,(H,20,22)(H,21,25)(H,23,24). The van der Waals surface area contributed by atoms with E-state index in [0.29, 0.717) is 24.2 Å². The van der Waals surface area contributed by atoms with Gasteiger partial charge in [-0.1, -0.05) is 39.7 Å². The van der Waals surface area contributed by atoms with Crippen molar-refractivity contribution >= 4 is 29.2 Å².